The molecule has 0 radical (unpaired) electrons. The van der Waals surface area contributed by atoms with E-state index in [-0.39, 0.29) is 23.8 Å². The molecular weight excluding hydrogens is 422 g/mol. The van der Waals surface area contributed by atoms with E-state index in [0.29, 0.717) is 32.5 Å². The van der Waals surface area contributed by atoms with E-state index in [0.717, 1.165) is 29.4 Å². The van der Waals surface area contributed by atoms with Crippen LogP contribution in [0.1, 0.15) is 48.7 Å². The maximum atomic E-state index is 13.2. The smallest absolute Gasteiger partial charge is 0.254 e. The largest absolute Gasteiger partial charge is 0.354 e. The minimum atomic E-state index is -0.0512. The van der Waals surface area contributed by atoms with Crippen LogP contribution in [-0.4, -0.2) is 54.3 Å². The van der Waals surface area contributed by atoms with Gasteiger partial charge in [-0.05, 0) is 48.3 Å². The van der Waals surface area contributed by atoms with Crippen LogP contribution in [0.15, 0.2) is 72.8 Å². The van der Waals surface area contributed by atoms with Gasteiger partial charge in [0.05, 0.1) is 6.04 Å². The first kappa shape index (κ1) is 24.0. The highest BCUT2D eigenvalue weighted by molar-refractivity contribution is 6.07. The van der Waals surface area contributed by atoms with Crippen LogP contribution in [0.3, 0.4) is 0 Å². The van der Waals surface area contributed by atoms with Gasteiger partial charge in [0.15, 0.2) is 0 Å². The van der Waals surface area contributed by atoms with Gasteiger partial charge in [-0.15, -0.1) is 0 Å². The molecule has 5 heteroatoms. The number of rotatable bonds is 8. The van der Waals surface area contributed by atoms with Gasteiger partial charge in [0.1, 0.15) is 0 Å². The maximum absolute atomic E-state index is 13.2. The fraction of sp³-hybridized carbons (Fsp3) is 0.379. The molecule has 1 N–H and O–H groups in total. The summed E-state index contributed by atoms with van der Waals surface area (Å²) in [5.41, 5.74) is 1.97. The van der Waals surface area contributed by atoms with Gasteiger partial charge < -0.3 is 10.2 Å². The molecule has 0 spiro atoms. The summed E-state index contributed by atoms with van der Waals surface area (Å²) in [4.78, 5) is 30.5. The van der Waals surface area contributed by atoms with Crippen LogP contribution >= 0.6 is 0 Å². The van der Waals surface area contributed by atoms with E-state index in [4.69, 9.17) is 0 Å². The summed E-state index contributed by atoms with van der Waals surface area (Å²) in [5, 5.41) is 5.27. The van der Waals surface area contributed by atoms with Crippen molar-refractivity contribution in [2.45, 2.75) is 32.7 Å². The number of carbonyl (C=O) groups is 2. The Morgan fingerprint density at radius 3 is 2.26 bits per heavy atom. The molecule has 0 saturated carbocycles. The topological polar surface area (TPSA) is 52.7 Å². The lowest BCUT2D eigenvalue weighted by molar-refractivity contribution is -0.126. The van der Waals surface area contributed by atoms with E-state index in [9.17, 15) is 9.59 Å². The van der Waals surface area contributed by atoms with Crippen LogP contribution in [0.2, 0.25) is 0 Å². The highest BCUT2D eigenvalue weighted by Gasteiger charge is 2.29. The van der Waals surface area contributed by atoms with Crippen molar-refractivity contribution in [3.05, 3.63) is 83.9 Å². The Labute approximate surface area is 202 Å². The van der Waals surface area contributed by atoms with E-state index in [1.165, 1.54) is 5.56 Å². The summed E-state index contributed by atoms with van der Waals surface area (Å²) < 4.78 is 0. The van der Waals surface area contributed by atoms with Crippen LogP contribution in [0.4, 0.5) is 0 Å². The Bertz CT molecular complexity index is 1100. The molecule has 34 heavy (non-hydrogen) atoms. The molecule has 2 amide bonds. The van der Waals surface area contributed by atoms with Crippen LogP contribution in [0.25, 0.3) is 10.8 Å². The second-order valence-corrected chi connectivity index (χ2v) is 8.99. The van der Waals surface area contributed by atoms with Crippen LogP contribution in [0, 0.1) is 5.92 Å². The highest BCUT2D eigenvalue weighted by atomic mass is 16.2. The van der Waals surface area contributed by atoms with Gasteiger partial charge in [-0.2, -0.15) is 0 Å². The zero-order chi connectivity index (χ0) is 23.9. The van der Waals surface area contributed by atoms with E-state index in [2.05, 4.69) is 48.3 Å². The number of piperidine rings is 1. The number of hydrogen-bond acceptors (Lipinski definition) is 3. The molecule has 5 nitrogen and oxygen atoms in total. The Balaban J connectivity index is 1.35. The van der Waals surface area contributed by atoms with Crippen molar-refractivity contribution in [2.75, 3.05) is 32.7 Å². The zero-order valence-electron chi connectivity index (χ0n) is 20.2. The van der Waals surface area contributed by atoms with Crippen molar-refractivity contribution in [2.24, 2.45) is 5.92 Å². The first-order valence-electron chi connectivity index (χ1n) is 12.5. The van der Waals surface area contributed by atoms with Crippen LogP contribution in [0.5, 0.6) is 0 Å². The normalized spacial score (nSPS) is 15.4. The van der Waals surface area contributed by atoms with E-state index >= 15 is 0 Å². The third-order valence-corrected chi connectivity index (χ3v) is 7.08. The number of nitrogens with one attached hydrogen (secondary N) is 1. The molecule has 1 aliphatic rings. The molecule has 1 atom stereocenters. The van der Waals surface area contributed by atoms with Crippen molar-refractivity contribution in [3.8, 4) is 0 Å². The lowest BCUT2D eigenvalue weighted by Crippen LogP contribution is -2.45. The van der Waals surface area contributed by atoms with Gasteiger partial charge in [0.25, 0.3) is 5.91 Å². The second-order valence-electron chi connectivity index (χ2n) is 8.99. The minimum absolute atomic E-state index is 0.0512. The summed E-state index contributed by atoms with van der Waals surface area (Å²) in [6, 6.07) is 24.4. The lowest BCUT2D eigenvalue weighted by atomic mass is 9.94. The van der Waals surface area contributed by atoms with E-state index in [1.54, 1.807) is 0 Å². The maximum Gasteiger partial charge on any atom is 0.254 e. The van der Waals surface area contributed by atoms with Gasteiger partial charge in [0.2, 0.25) is 5.91 Å². The fourth-order valence-corrected chi connectivity index (χ4v) is 5.07. The van der Waals surface area contributed by atoms with Crippen molar-refractivity contribution >= 4 is 22.6 Å². The summed E-state index contributed by atoms with van der Waals surface area (Å²) in [6.07, 6.45) is 1.40. The van der Waals surface area contributed by atoms with Gasteiger partial charge >= 0.3 is 0 Å². The molecule has 0 aromatic heterocycles. The highest BCUT2D eigenvalue weighted by Crippen LogP contribution is 2.24. The van der Waals surface area contributed by atoms with Crippen molar-refractivity contribution < 1.29 is 9.59 Å². The average molecular weight is 458 g/mol. The molecule has 0 bridgehead atoms. The Morgan fingerprint density at radius 2 is 1.56 bits per heavy atom. The fourth-order valence-electron chi connectivity index (χ4n) is 5.07. The number of hydrogen-bond donors (Lipinski definition) is 1. The quantitative estimate of drug-likeness (QED) is 0.524. The molecule has 1 heterocycles. The summed E-state index contributed by atoms with van der Waals surface area (Å²) >= 11 is 0. The number of carbonyl (C=O) groups excluding carboxylic acids is 2. The molecule has 1 aliphatic heterocycles. The van der Waals surface area contributed by atoms with Crippen molar-refractivity contribution in [1.29, 1.82) is 0 Å². The van der Waals surface area contributed by atoms with Gasteiger partial charge in [-0.1, -0.05) is 80.6 Å². The van der Waals surface area contributed by atoms with Gasteiger partial charge in [-0.3, -0.25) is 14.5 Å². The Morgan fingerprint density at radius 1 is 0.912 bits per heavy atom. The Kier molecular flexibility index (Phi) is 7.96. The zero-order valence-corrected chi connectivity index (χ0v) is 20.2. The molecule has 1 saturated heterocycles. The van der Waals surface area contributed by atoms with Crippen molar-refractivity contribution in [1.82, 2.24) is 15.1 Å². The molecule has 3 aromatic carbocycles. The first-order valence-corrected chi connectivity index (χ1v) is 12.5. The van der Waals surface area contributed by atoms with E-state index < -0.39 is 0 Å². The SMILES string of the molecule is CCN(CC)[C@@H](CNC(=O)C1CCN(C(=O)c2cccc3ccccc23)CC1)c1ccccc1. The number of nitrogens with zero attached hydrogens (tertiary/aromatic N) is 2. The van der Waals surface area contributed by atoms with Gasteiger partial charge in [0, 0.05) is 31.1 Å². The molecule has 1 fully saturated rings. The molecule has 4 rings (SSSR count). The standard InChI is InChI=1S/C29H35N3O2/c1-3-31(4-2)27(23-12-6-5-7-13-23)21-30-28(33)24-17-19-32(20-18-24)29(34)26-16-10-14-22-11-8-9-15-25(22)26/h5-16,24,27H,3-4,17-21H2,1-2H3,(H,30,33)/t27-/m0/s1. The molecule has 0 unspecified atom stereocenters. The number of likely N-dealkylation sites (N-methyl/N-ethyl adjacent to an activating group) is 1. The number of amides is 2. The third-order valence-electron chi connectivity index (χ3n) is 7.08. The lowest BCUT2D eigenvalue weighted by Gasteiger charge is -2.33. The molecule has 3 aromatic rings. The number of likely N-dealkylation sites (tertiary alicyclic amines) is 1. The van der Waals surface area contributed by atoms with E-state index in [1.807, 2.05) is 53.4 Å². The predicted octanol–water partition coefficient (Wildman–Crippen LogP) is 4.89. The first-order chi connectivity index (χ1) is 16.6. The summed E-state index contributed by atoms with van der Waals surface area (Å²) in [7, 11) is 0. The monoisotopic (exact) mass is 457 g/mol. The number of fused-ring (bicyclic) bond motifs is 1. The Hall–Kier alpha value is -3.18. The summed E-state index contributed by atoms with van der Waals surface area (Å²) in [6.45, 7) is 7.99. The third kappa shape index (κ3) is 5.31. The molecular formula is C29H35N3O2. The van der Waals surface area contributed by atoms with Crippen LogP contribution < -0.4 is 5.32 Å². The molecule has 178 valence electrons. The molecule has 0 aliphatic carbocycles. The van der Waals surface area contributed by atoms with Crippen LogP contribution in [-0.2, 0) is 4.79 Å². The second kappa shape index (κ2) is 11.3. The minimum Gasteiger partial charge on any atom is -0.354 e. The predicted molar refractivity (Wildman–Crippen MR) is 138 cm³/mol. The average Bonchev–Trinajstić information content (AvgIpc) is 2.90. The van der Waals surface area contributed by atoms with Gasteiger partial charge in [-0.25, -0.2) is 0 Å². The van der Waals surface area contributed by atoms with Crippen molar-refractivity contribution in [3.63, 3.8) is 0 Å². The number of benzene rings is 3. The summed E-state index contributed by atoms with van der Waals surface area (Å²) in [5.74, 6) is 0.108.